The molecule has 0 amide bonds. The van der Waals surface area contributed by atoms with Crippen LogP contribution in [-0.2, 0) is 13.6 Å². The molecule has 0 saturated carbocycles. The van der Waals surface area contributed by atoms with Gasteiger partial charge in [-0.2, -0.15) is 5.10 Å². The van der Waals surface area contributed by atoms with Crippen molar-refractivity contribution >= 4 is 0 Å². The highest BCUT2D eigenvalue weighted by molar-refractivity contribution is 5.03. The van der Waals surface area contributed by atoms with Gasteiger partial charge < -0.3 is 5.32 Å². The highest BCUT2D eigenvalue weighted by Crippen LogP contribution is 2.18. The van der Waals surface area contributed by atoms with Crippen LogP contribution >= 0.6 is 0 Å². The van der Waals surface area contributed by atoms with Gasteiger partial charge in [0.2, 0.25) is 0 Å². The fourth-order valence-corrected chi connectivity index (χ4v) is 1.14. The monoisotopic (exact) mass is 195 g/mol. The normalized spacial score (nSPS) is 14.4. The minimum Gasteiger partial charge on any atom is -0.310 e. The molecule has 1 aromatic rings. The maximum absolute atomic E-state index is 4.13. The van der Waals surface area contributed by atoms with Gasteiger partial charge in [0.25, 0.3) is 0 Å². The van der Waals surface area contributed by atoms with Crippen LogP contribution in [0.5, 0.6) is 0 Å². The van der Waals surface area contributed by atoms with E-state index in [4.69, 9.17) is 0 Å². The molecule has 0 saturated heterocycles. The Balaban J connectivity index is 2.41. The lowest BCUT2D eigenvalue weighted by molar-refractivity contribution is 0.285. The van der Waals surface area contributed by atoms with E-state index >= 15 is 0 Å². The van der Waals surface area contributed by atoms with E-state index in [1.165, 1.54) is 5.56 Å². The van der Waals surface area contributed by atoms with Gasteiger partial charge in [0.15, 0.2) is 0 Å². The predicted octanol–water partition coefficient (Wildman–Crippen LogP) is 1.94. The number of rotatable bonds is 3. The molecule has 3 heteroatoms. The van der Waals surface area contributed by atoms with Crippen molar-refractivity contribution in [3.63, 3.8) is 0 Å². The van der Waals surface area contributed by atoms with Crippen LogP contribution in [0.25, 0.3) is 0 Å². The summed E-state index contributed by atoms with van der Waals surface area (Å²) in [5.74, 6) is 0. The Morgan fingerprint density at radius 2 is 2.14 bits per heavy atom. The smallest absolute Gasteiger partial charge is 0.0534 e. The van der Waals surface area contributed by atoms with Crippen molar-refractivity contribution < 1.29 is 0 Å². The van der Waals surface area contributed by atoms with Crippen LogP contribution in [0.4, 0.5) is 0 Å². The van der Waals surface area contributed by atoms with Gasteiger partial charge in [-0.15, -0.1) is 0 Å². The van der Waals surface area contributed by atoms with Gasteiger partial charge in [-0.3, -0.25) is 4.68 Å². The molecule has 0 radical (unpaired) electrons. The van der Waals surface area contributed by atoms with Gasteiger partial charge in [0, 0.05) is 31.4 Å². The van der Waals surface area contributed by atoms with Gasteiger partial charge in [0.05, 0.1) is 6.20 Å². The molecule has 0 bridgehead atoms. The molecule has 3 nitrogen and oxygen atoms in total. The average Bonchev–Trinajstić information content (AvgIpc) is 2.45. The highest BCUT2D eigenvalue weighted by Gasteiger charge is 2.18. The highest BCUT2D eigenvalue weighted by atomic mass is 15.2. The summed E-state index contributed by atoms with van der Waals surface area (Å²) >= 11 is 0. The lowest BCUT2D eigenvalue weighted by atomic mass is 9.88. The van der Waals surface area contributed by atoms with Gasteiger partial charge >= 0.3 is 0 Å². The van der Waals surface area contributed by atoms with E-state index in [1.54, 1.807) is 0 Å². The quantitative estimate of drug-likeness (QED) is 0.799. The molecular weight excluding hydrogens is 174 g/mol. The first-order chi connectivity index (χ1) is 6.39. The van der Waals surface area contributed by atoms with Crippen LogP contribution in [-0.4, -0.2) is 15.8 Å². The Bertz CT molecular complexity index is 283. The zero-order valence-corrected chi connectivity index (χ0v) is 9.83. The van der Waals surface area contributed by atoms with Crippen molar-refractivity contribution in [3.05, 3.63) is 18.0 Å². The first-order valence-electron chi connectivity index (χ1n) is 5.10. The molecule has 0 aliphatic carbocycles. The Labute approximate surface area is 86.5 Å². The van der Waals surface area contributed by atoms with E-state index in [0.29, 0.717) is 11.5 Å². The molecule has 0 aliphatic heterocycles. The zero-order chi connectivity index (χ0) is 10.8. The lowest BCUT2D eigenvalue weighted by Crippen LogP contribution is -2.37. The number of hydrogen-bond acceptors (Lipinski definition) is 2. The fourth-order valence-electron chi connectivity index (χ4n) is 1.14. The first-order valence-corrected chi connectivity index (χ1v) is 5.10. The third-order valence-electron chi connectivity index (χ3n) is 2.67. The third-order valence-corrected chi connectivity index (χ3v) is 2.67. The van der Waals surface area contributed by atoms with Gasteiger partial charge in [-0.05, 0) is 12.3 Å². The second-order valence-electron chi connectivity index (χ2n) is 4.99. The summed E-state index contributed by atoms with van der Waals surface area (Å²) in [5.41, 5.74) is 1.55. The first kappa shape index (κ1) is 11.2. The van der Waals surface area contributed by atoms with Crippen LogP contribution in [0, 0.1) is 5.41 Å². The second-order valence-corrected chi connectivity index (χ2v) is 4.99. The molecule has 0 aliphatic rings. The Morgan fingerprint density at radius 1 is 1.50 bits per heavy atom. The van der Waals surface area contributed by atoms with E-state index < -0.39 is 0 Å². The van der Waals surface area contributed by atoms with Gasteiger partial charge in [0.1, 0.15) is 0 Å². The topological polar surface area (TPSA) is 29.9 Å². The Morgan fingerprint density at radius 3 is 2.57 bits per heavy atom. The summed E-state index contributed by atoms with van der Waals surface area (Å²) in [4.78, 5) is 0. The second kappa shape index (κ2) is 4.13. The van der Waals surface area contributed by atoms with E-state index in [9.17, 15) is 0 Å². The van der Waals surface area contributed by atoms with Crippen molar-refractivity contribution in [1.82, 2.24) is 15.1 Å². The van der Waals surface area contributed by atoms with E-state index in [1.807, 2.05) is 24.1 Å². The average molecular weight is 195 g/mol. The number of aromatic nitrogens is 2. The maximum atomic E-state index is 4.13. The van der Waals surface area contributed by atoms with Crippen molar-refractivity contribution in [3.8, 4) is 0 Å². The largest absolute Gasteiger partial charge is 0.310 e. The molecule has 0 fully saturated rings. The molecule has 1 atom stereocenters. The molecule has 1 unspecified atom stereocenters. The van der Waals surface area contributed by atoms with Crippen LogP contribution < -0.4 is 5.32 Å². The van der Waals surface area contributed by atoms with Crippen molar-refractivity contribution in [1.29, 1.82) is 0 Å². The summed E-state index contributed by atoms with van der Waals surface area (Å²) in [6.07, 6.45) is 3.95. The standard InChI is InChI=1S/C11H21N3/c1-9(11(2,3)4)12-6-10-7-13-14(5)8-10/h7-9,12H,6H2,1-5H3. The molecule has 0 aromatic carbocycles. The number of nitrogens with one attached hydrogen (secondary N) is 1. The Kier molecular flexibility index (Phi) is 3.32. The minimum absolute atomic E-state index is 0.308. The van der Waals surface area contributed by atoms with Crippen molar-refractivity contribution in [2.45, 2.75) is 40.3 Å². The SMILES string of the molecule is CC(NCc1cnn(C)c1)C(C)(C)C. The number of nitrogens with zero attached hydrogens (tertiary/aromatic N) is 2. The van der Waals surface area contributed by atoms with E-state index in [2.05, 4.69) is 38.1 Å². The Hall–Kier alpha value is -0.830. The molecule has 14 heavy (non-hydrogen) atoms. The van der Waals surface area contributed by atoms with Crippen LogP contribution in [0.3, 0.4) is 0 Å². The third kappa shape index (κ3) is 3.14. The zero-order valence-electron chi connectivity index (χ0n) is 9.83. The summed E-state index contributed by atoms with van der Waals surface area (Å²) in [6.45, 7) is 9.85. The summed E-state index contributed by atoms with van der Waals surface area (Å²) < 4.78 is 1.83. The molecule has 1 heterocycles. The number of hydrogen-bond donors (Lipinski definition) is 1. The minimum atomic E-state index is 0.308. The maximum Gasteiger partial charge on any atom is 0.0534 e. The van der Waals surface area contributed by atoms with E-state index in [-0.39, 0.29) is 0 Å². The molecule has 0 spiro atoms. The van der Waals surface area contributed by atoms with Crippen LogP contribution in [0.15, 0.2) is 12.4 Å². The summed E-state index contributed by atoms with van der Waals surface area (Å²) in [6, 6.07) is 0.503. The van der Waals surface area contributed by atoms with Crippen molar-refractivity contribution in [2.24, 2.45) is 12.5 Å². The van der Waals surface area contributed by atoms with Gasteiger partial charge in [-0.1, -0.05) is 20.8 Å². The number of aryl methyl sites for hydroxylation is 1. The van der Waals surface area contributed by atoms with Crippen molar-refractivity contribution in [2.75, 3.05) is 0 Å². The predicted molar refractivity (Wildman–Crippen MR) is 59.0 cm³/mol. The van der Waals surface area contributed by atoms with E-state index in [0.717, 1.165) is 6.54 Å². The lowest BCUT2D eigenvalue weighted by Gasteiger charge is -2.28. The molecule has 1 aromatic heterocycles. The summed E-state index contributed by atoms with van der Waals surface area (Å²) in [5, 5.41) is 7.63. The fraction of sp³-hybridized carbons (Fsp3) is 0.727. The van der Waals surface area contributed by atoms with Crippen LogP contribution in [0.2, 0.25) is 0 Å². The molecule has 1 N–H and O–H groups in total. The molecule has 80 valence electrons. The summed E-state index contributed by atoms with van der Waals surface area (Å²) in [7, 11) is 1.94. The van der Waals surface area contributed by atoms with Gasteiger partial charge in [-0.25, -0.2) is 0 Å². The van der Waals surface area contributed by atoms with Crippen LogP contribution in [0.1, 0.15) is 33.3 Å². The molecule has 1 rings (SSSR count). The molecular formula is C11H21N3.